The molecule has 1 heterocycles. The van der Waals surface area contributed by atoms with Crippen LogP contribution in [0.1, 0.15) is 19.8 Å². The number of sulfonamides is 1. The van der Waals surface area contributed by atoms with Crippen molar-refractivity contribution in [1.29, 1.82) is 0 Å². The van der Waals surface area contributed by atoms with E-state index in [9.17, 15) is 8.42 Å². The molecule has 0 saturated heterocycles. The summed E-state index contributed by atoms with van der Waals surface area (Å²) >= 11 is 0. The topological polar surface area (TPSA) is 94.3 Å². The van der Waals surface area contributed by atoms with Crippen LogP contribution in [0.5, 0.6) is 0 Å². The molecule has 102 valence electrons. The molecule has 6 nitrogen and oxygen atoms in total. The zero-order valence-electron chi connectivity index (χ0n) is 10.6. The smallest absolute Gasteiger partial charge is 0.241 e. The third-order valence-corrected chi connectivity index (χ3v) is 3.91. The Morgan fingerprint density at radius 3 is 2.83 bits per heavy atom. The molecule has 0 spiro atoms. The Morgan fingerprint density at radius 1 is 1.56 bits per heavy atom. The lowest BCUT2D eigenvalue weighted by molar-refractivity contribution is 0.171. The van der Waals surface area contributed by atoms with Crippen LogP contribution in [-0.2, 0) is 14.8 Å². The minimum absolute atomic E-state index is 0.118. The van der Waals surface area contributed by atoms with Gasteiger partial charge >= 0.3 is 0 Å². The zero-order chi connectivity index (χ0) is 13.6. The lowest BCUT2D eigenvalue weighted by Crippen LogP contribution is -2.37. The van der Waals surface area contributed by atoms with Crippen LogP contribution >= 0.6 is 0 Å². The molecule has 1 rings (SSSR count). The fourth-order valence-electron chi connectivity index (χ4n) is 1.61. The van der Waals surface area contributed by atoms with Crippen molar-refractivity contribution in [2.45, 2.75) is 30.7 Å². The summed E-state index contributed by atoms with van der Waals surface area (Å²) in [6, 6.07) is 2.51. The van der Waals surface area contributed by atoms with E-state index >= 15 is 0 Å². The standard InChI is InChI=1S/C11H19N3O3S/c1-3-4-9(8-17-2)14-18(15,16)10-5-6-13-11(12)7-10/h5-7,9,14H,3-4,8H2,1-2H3,(H2,12,13). The monoisotopic (exact) mass is 273 g/mol. The molecule has 0 radical (unpaired) electrons. The van der Waals surface area contributed by atoms with Gasteiger partial charge in [0.15, 0.2) is 0 Å². The molecule has 0 saturated carbocycles. The molecule has 0 aliphatic carbocycles. The van der Waals surface area contributed by atoms with Gasteiger partial charge in [0.1, 0.15) is 5.82 Å². The van der Waals surface area contributed by atoms with E-state index in [1.165, 1.54) is 18.3 Å². The highest BCUT2D eigenvalue weighted by Crippen LogP contribution is 2.12. The van der Waals surface area contributed by atoms with Crippen LogP contribution < -0.4 is 10.5 Å². The van der Waals surface area contributed by atoms with Crippen LogP contribution in [-0.4, -0.2) is 33.2 Å². The normalized spacial score (nSPS) is 13.4. The SMILES string of the molecule is CCCC(COC)NS(=O)(=O)c1ccnc(N)c1. The average molecular weight is 273 g/mol. The van der Waals surface area contributed by atoms with Crippen molar-refractivity contribution in [2.75, 3.05) is 19.5 Å². The van der Waals surface area contributed by atoms with Gasteiger partial charge in [-0.3, -0.25) is 0 Å². The van der Waals surface area contributed by atoms with Crippen molar-refractivity contribution in [1.82, 2.24) is 9.71 Å². The first kappa shape index (κ1) is 14.9. The molecule has 1 aromatic rings. The van der Waals surface area contributed by atoms with Crippen LogP contribution in [0, 0.1) is 0 Å². The van der Waals surface area contributed by atoms with E-state index in [1.807, 2.05) is 6.92 Å². The molecule has 0 aliphatic rings. The molecule has 1 atom stereocenters. The van der Waals surface area contributed by atoms with E-state index in [2.05, 4.69) is 9.71 Å². The summed E-state index contributed by atoms with van der Waals surface area (Å²) in [5.41, 5.74) is 5.48. The Morgan fingerprint density at radius 2 is 2.28 bits per heavy atom. The number of aromatic nitrogens is 1. The van der Waals surface area contributed by atoms with Crippen LogP contribution in [0.25, 0.3) is 0 Å². The Labute approximate surface area is 108 Å². The van der Waals surface area contributed by atoms with E-state index < -0.39 is 10.0 Å². The molecule has 7 heteroatoms. The second kappa shape index (κ2) is 6.67. The highest BCUT2D eigenvalue weighted by Gasteiger charge is 2.19. The fourth-order valence-corrected chi connectivity index (χ4v) is 2.89. The number of anilines is 1. The molecule has 0 fully saturated rings. The van der Waals surface area contributed by atoms with Crippen molar-refractivity contribution in [3.05, 3.63) is 18.3 Å². The lowest BCUT2D eigenvalue weighted by atomic mass is 10.2. The third-order valence-electron chi connectivity index (χ3n) is 2.39. The van der Waals surface area contributed by atoms with Crippen molar-refractivity contribution in [3.63, 3.8) is 0 Å². The van der Waals surface area contributed by atoms with Gasteiger partial charge in [-0.05, 0) is 12.5 Å². The summed E-state index contributed by atoms with van der Waals surface area (Å²) in [5, 5.41) is 0. The number of hydrogen-bond donors (Lipinski definition) is 2. The summed E-state index contributed by atoms with van der Waals surface area (Å²) in [4.78, 5) is 3.88. The van der Waals surface area contributed by atoms with Crippen LogP contribution in [0.4, 0.5) is 5.82 Å². The number of rotatable bonds is 7. The predicted octanol–water partition coefficient (Wildman–Crippen LogP) is 0.757. The number of methoxy groups -OCH3 is 1. The fraction of sp³-hybridized carbons (Fsp3) is 0.545. The predicted molar refractivity (Wildman–Crippen MR) is 69.5 cm³/mol. The Balaban J connectivity index is 2.86. The number of hydrogen-bond acceptors (Lipinski definition) is 5. The number of ether oxygens (including phenoxy) is 1. The van der Waals surface area contributed by atoms with E-state index in [4.69, 9.17) is 10.5 Å². The highest BCUT2D eigenvalue weighted by atomic mass is 32.2. The number of nitrogens with one attached hydrogen (secondary N) is 1. The quantitative estimate of drug-likeness (QED) is 0.764. The minimum atomic E-state index is -3.58. The molecule has 0 bridgehead atoms. The summed E-state index contributed by atoms with van der Waals surface area (Å²) in [7, 11) is -2.03. The van der Waals surface area contributed by atoms with Crippen LogP contribution in [0.15, 0.2) is 23.2 Å². The van der Waals surface area contributed by atoms with Gasteiger partial charge in [0, 0.05) is 25.4 Å². The van der Waals surface area contributed by atoms with Crippen molar-refractivity contribution < 1.29 is 13.2 Å². The van der Waals surface area contributed by atoms with Crippen LogP contribution in [0.3, 0.4) is 0 Å². The molecular weight excluding hydrogens is 254 g/mol. The van der Waals surface area contributed by atoms with Gasteiger partial charge in [0.05, 0.1) is 11.5 Å². The number of nitrogens with two attached hydrogens (primary N) is 1. The maximum atomic E-state index is 12.1. The first-order valence-electron chi connectivity index (χ1n) is 5.72. The number of nitrogen functional groups attached to an aromatic ring is 1. The second-order valence-electron chi connectivity index (χ2n) is 3.98. The molecule has 3 N–H and O–H groups in total. The molecule has 0 amide bonds. The highest BCUT2D eigenvalue weighted by molar-refractivity contribution is 7.89. The minimum Gasteiger partial charge on any atom is -0.384 e. The van der Waals surface area contributed by atoms with Gasteiger partial charge in [0.25, 0.3) is 0 Å². The van der Waals surface area contributed by atoms with Crippen molar-refractivity contribution >= 4 is 15.8 Å². The molecule has 18 heavy (non-hydrogen) atoms. The maximum Gasteiger partial charge on any atom is 0.241 e. The van der Waals surface area contributed by atoms with Gasteiger partial charge in [-0.25, -0.2) is 18.1 Å². The molecule has 0 aromatic carbocycles. The molecule has 0 aliphatic heterocycles. The largest absolute Gasteiger partial charge is 0.384 e. The maximum absolute atomic E-state index is 12.1. The van der Waals surface area contributed by atoms with E-state index in [1.54, 1.807) is 7.11 Å². The zero-order valence-corrected chi connectivity index (χ0v) is 11.4. The summed E-state index contributed by atoms with van der Waals surface area (Å²) < 4.78 is 31.8. The van der Waals surface area contributed by atoms with E-state index in [0.29, 0.717) is 13.0 Å². The lowest BCUT2D eigenvalue weighted by Gasteiger charge is -2.17. The van der Waals surface area contributed by atoms with Gasteiger partial charge in [-0.15, -0.1) is 0 Å². The first-order valence-corrected chi connectivity index (χ1v) is 7.20. The average Bonchev–Trinajstić information content (AvgIpc) is 2.29. The van der Waals surface area contributed by atoms with Gasteiger partial charge in [-0.2, -0.15) is 0 Å². The van der Waals surface area contributed by atoms with E-state index in [0.717, 1.165) is 6.42 Å². The van der Waals surface area contributed by atoms with Crippen molar-refractivity contribution in [3.8, 4) is 0 Å². The summed E-state index contributed by atoms with van der Waals surface area (Å²) in [6.07, 6.45) is 2.96. The Bertz CT molecular complexity index is 470. The first-order chi connectivity index (χ1) is 8.49. The summed E-state index contributed by atoms with van der Waals surface area (Å²) in [5.74, 6) is 0.177. The van der Waals surface area contributed by atoms with E-state index in [-0.39, 0.29) is 16.8 Å². The molecule has 1 unspecified atom stereocenters. The summed E-state index contributed by atoms with van der Waals surface area (Å²) in [6.45, 7) is 2.33. The number of nitrogens with zero attached hydrogens (tertiary/aromatic N) is 1. The van der Waals surface area contributed by atoms with Gasteiger partial charge in [-0.1, -0.05) is 13.3 Å². The van der Waals surface area contributed by atoms with Gasteiger partial charge < -0.3 is 10.5 Å². The Kier molecular flexibility index (Phi) is 5.52. The molecule has 1 aromatic heterocycles. The third kappa shape index (κ3) is 4.25. The van der Waals surface area contributed by atoms with Gasteiger partial charge in [0.2, 0.25) is 10.0 Å². The second-order valence-corrected chi connectivity index (χ2v) is 5.69. The molecular formula is C11H19N3O3S. The Hall–Kier alpha value is -1.18. The van der Waals surface area contributed by atoms with Crippen molar-refractivity contribution in [2.24, 2.45) is 0 Å². The number of pyridine rings is 1. The van der Waals surface area contributed by atoms with Crippen LogP contribution in [0.2, 0.25) is 0 Å².